The van der Waals surface area contributed by atoms with E-state index in [0.29, 0.717) is 0 Å². The number of aryl methyl sites for hydroxylation is 2. The summed E-state index contributed by atoms with van der Waals surface area (Å²) in [6.07, 6.45) is -1.43. The summed E-state index contributed by atoms with van der Waals surface area (Å²) in [5.41, 5.74) is 1.94. The number of hydrogen-bond acceptors (Lipinski definition) is 1. The second-order valence-corrected chi connectivity index (χ2v) is 4.88. The molecule has 0 aliphatic heterocycles. The highest BCUT2D eigenvalue weighted by atomic mass is 19.3. The molecule has 2 rings (SSSR count). The third-order valence-corrected chi connectivity index (χ3v) is 3.10. The lowest BCUT2D eigenvalue weighted by atomic mass is 10.1. The Hall–Kier alpha value is -1.90. The van der Waals surface area contributed by atoms with E-state index in [1.807, 2.05) is 6.92 Å². The van der Waals surface area contributed by atoms with Crippen LogP contribution in [0.4, 0.5) is 8.78 Å². The molecule has 0 radical (unpaired) electrons. The molecule has 0 fully saturated rings. The van der Waals surface area contributed by atoms with E-state index in [1.54, 1.807) is 36.4 Å². The molecule has 0 unspecified atom stereocenters. The zero-order valence-electron chi connectivity index (χ0n) is 11.7. The molecule has 0 aliphatic carbocycles. The SMILES string of the molecule is CCCc1ccc(C(F)(F)Oc2ccc(C)cc2)cc1. The number of benzene rings is 2. The van der Waals surface area contributed by atoms with Gasteiger partial charge in [-0.3, -0.25) is 0 Å². The van der Waals surface area contributed by atoms with E-state index >= 15 is 0 Å². The molecule has 0 atom stereocenters. The summed E-state index contributed by atoms with van der Waals surface area (Å²) < 4.78 is 32.9. The minimum Gasteiger partial charge on any atom is -0.429 e. The Morgan fingerprint density at radius 1 is 0.950 bits per heavy atom. The van der Waals surface area contributed by atoms with E-state index in [-0.39, 0.29) is 11.3 Å². The molecule has 2 aromatic carbocycles. The quantitative estimate of drug-likeness (QED) is 0.740. The standard InChI is InChI=1S/C17H18F2O/c1-3-4-14-7-9-15(10-8-14)17(18,19)20-16-11-5-13(2)6-12-16/h5-12H,3-4H2,1-2H3. The zero-order chi connectivity index (χ0) is 14.6. The fourth-order valence-electron chi connectivity index (χ4n) is 1.97. The monoisotopic (exact) mass is 276 g/mol. The van der Waals surface area contributed by atoms with Crippen LogP contribution in [0, 0.1) is 6.92 Å². The van der Waals surface area contributed by atoms with Gasteiger partial charge in [-0.25, -0.2) is 0 Å². The van der Waals surface area contributed by atoms with Crippen LogP contribution in [0.3, 0.4) is 0 Å². The number of alkyl halides is 2. The van der Waals surface area contributed by atoms with Gasteiger partial charge < -0.3 is 4.74 Å². The molecule has 0 heterocycles. The zero-order valence-corrected chi connectivity index (χ0v) is 11.7. The molecule has 0 saturated heterocycles. The fraction of sp³-hybridized carbons (Fsp3) is 0.294. The molecule has 0 amide bonds. The van der Waals surface area contributed by atoms with Gasteiger partial charge in [-0.15, -0.1) is 0 Å². The molecule has 20 heavy (non-hydrogen) atoms. The maximum Gasteiger partial charge on any atom is 0.426 e. The van der Waals surface area contributed by atoms with Gasteiger partial charge in [-0.1, -0.05) is 43.2 Å². The summed E-state index contributed by atoms with van der Waals surface area (Å²) in [5.74, 6) is 0.165. The van der Waals surface area contributed by atoms with Gasteiger partial charge in [-0.2, -0.15) is 8.78 Å². The molecule has 0 spiro atoms. The first-order valence-electron chi connectivity index (χ1n) is 6.74. The average Bonchev–Trinajstić information content (AvgIpc) is 2.42. The molecule has 0 aromatic heterocycles. The van der Waals surface area contributed by atoms with Gasteiger partial charge in [0.1, 0.15) is 5.75 Å². The van der Waals surface area contributed by atoms with Crippen molar-refractivity contribution in [1.82, 2.24) is 0 Å². The molecule has 1 nitrogen and oxygen atoms in total. The Bertz CT molecular complexity index is 544. The second kappa shape index (κ2) is 6.04. The molecule has 3 heteroatoms. The number of hydrogen-bond donors (Lipinski definition) is 0. The van der Waals surface area contributed by atoms with Crippen LogP contribution in [0.1, 0.15) is 30.0 Å². The van der Waals surface area contributed by atoms with Crippen molar-refractivity contribution < 1.29 is 13.5 Å². The topological polar surface area (TPSA) is 9.23 Å². The first-order valence-corrected chi connectivity index (χ1v) is 6.74. The molecule has 106 valence electrons. The molecule has 0 aliphatic rings. The van der Waals surface area contributed by atoms with Crippen LogP contribution < -0.4 is 4.74 Å². The van der Waals surface area contributed by atoms with Crippen LogP contribution >= 0.6 is 0 Å². The third kappa shape index (κ3) is 3.56. The van der Waals surface area contributed by atoms with Crippen LogP contribution in [-0.2, 0) is 12.5 Å². The van der Waals surface area contributed by atoms with Crippen LogP contribution in [0.2, 0.25) is 0 Å². The first kappa shape index (κ1) is 14.5. The van der Waals surface area contributed by atoms with Crippen LogP contribution in [0.15, 0.2) is 48.5 Å². The first-order chi connectivity index (χ1) is 9.51. The Kier molecular flexibility index (Phi) is 4.38. The number of halogens is 2. The van der Waals surface area contributed by atoms with Crippen molar-refractivity contribution in [2.75, 3.05) is 0 Å². The molecular weight excluding hydrogens is 258 g/mol. The highest BCUT2D eigenvalue weighted by molar-refractivity contribution is 5.29. The van der Waals surface area contributed by atoms with E-state index in [2.05, 4.69) is 6.92 Å². The maximum absolute atomic E-state index is 14.0. The minimum absolute atomic E-state index is 0.127. The van der Waals surface area contributed by atoms with E-state index in [1.165, 1.54) is 12.1 Å². The van der Waals surface area contributed by atoms with Gasteiger partial charge in [0.25, 0.3) is 0 Å². The highest BCUT2D eigenvalue weighted by Gasteiger charge is 2.34. The Morgan fingerprint density at radius 3 is 2.10 bits per heavy atom. The third-order valence-electron chi connectivity index (χ3n) is 3.10. The summed E-state index contributed by atoms with van der Waals surface area (Å²) in [4.78, 5) is 0. The van der Waals surface area contributed by atoms with Crippen molar-refractivity contribution >= 4 is 0 Å². The van der Waals surface area contributed by atoms with Crippen molar-refractivity contribution in [3.63, 3.8) is 0 Å². The highest BCUT2D eigenvalue weighted by Crippen LogP contribution is 2.31. The maximum atomic E-state index is 14.0. The molecule has 0 bridgehead atoms. The Labute approximate surface area is 118 Å². The van der Waals surface area contributed by atoms with E-state index in [9.17, 15) is 8.78 Å². The van der Waals surface area contributed by atoms with Gasteiger partial charge in [-0.05, 0) is 43.2 Å². The van der Waals surface area contributed by atoms with Gasteiger partial charge in [0, 0.05) is 0 Å². The molecular formula is C17H18F2O. The van der Waals surface area contributed by atoms with Crippen LogP contribution in [0.25, 0.3) is 0 Å². The van der Waals surface area contributed by atoms with Crippen molar-refractivity contribution in [3.8, 4) is 5.75 Å². The molecule has 2 aromatic rings. The number of rotatable bonds is 5. The number of ether oxygens (including phenoxy) is 1. The van der Waals surface area contributed by atoms with Crippen molar-refractivity contribution in [1.29, 1.82) is 0 Å². The van der Waals surface area contributed by atoms with Gasteiger partial charge in [0.15, 0.2) is 0 Å². The Balaban J connectivity index is 2.14. The fourth-order valence-corrected chi connectivity index (χ4v) is 1.97. The van der Waals surface area contributed by atoms with Gasteiger partial charge in [0.2, 0.25) is 0 Å². The predicted molar refractivity (Wildman–Crippen MR) is 76.1 cm³/mol. The van der Waals surface area contributed by atoms with Crippen molar-refractivity contribution in [2.24, 2.45) is 0 Å². The molecule has 0 saturated carbocycles. The predicted octanol–water partition coefficient (Wildman–Crippen LogP) is 5.08. The van der Waals surface area contributed by atoms with Gasteiger partial charge >= 0.3 is 6.11 Å². The van der Waals surface area contributed by atoms with E-state index in [4.69, 9.17) is 4.74 Å². The minimum atomic E-state index is -3.32. The largest absolute Gasteiger partial charge is 0.429 e. The summed E-state index contributed by atoms with van der Waals surface area (Å²) in [5, 5.41) is 0. The summed E-state index contributed by atoms with van der Waals surface area (Å²) >= 11 is 0. The summed E-state index contributed by atoms with van der Waals surface area (Å²) in [7, 11) is 0. The van der Waals surface area contributed by atoms with Crippen LogP contribution in [0.5, 0.6) is 5.75 Å². The lowest BCUT2D eigenvalue weighted by Gasteiger charge is -2.18. The average molecular weight is 276 g/mol. The Morgan fingerprint density at radius 2 is 1.55 bits per heavy atom. The second-order valence-electron chi connectivity index (χ2n) is 4.88. The summed E-state index contributed by atoms with van der Waals surface area (Å²) in [6.45, 7) is 3.96. The van der Waals surface area contributed by atoms with Crippen molar-refractivity contribution in [2.45, 2.75) is 32.8 Å². The van der Waals surface area contributed by atoms with Crippen LogP contribution in [-0.4, -0.2) is 0 Å². The normalized spacial score (nSPS) is 11.4. The van der Waals surface area contributed by atoms with E-state index in [0.717, 1.165) is 24.0 Å². The summed E-state index contributed by atoms with van der Waals surface area (Å²) in [6, 6.07) is 12.9. The lowest BCUT2D eigenvalue weighted by molar-refractivity contribution is -0.185. The van der Waals surface area contributed by atoms with E-state index < -0.39 is 6.11 Å². The molecule has 0 N–H and O–H groups in total. The van der Waals surface area contributed by atoms with Gasteiger partial charge in [0.05, 0.1) is 5.56 Å². The smallest absolute Gasteiger partial charge is 0.426 e. The lowest BCUT2D eigenvalue weighted by Crippen LogP contribution is -2.21. The van der Waals surface area contributed by atoms with Crippen molar-refractivity contribution in [3.05, 3.63) is 65.2 Å².